The van der Waals surface area contributed by atoms with Crippen molar-refractivity contribution in [3.8, 4) is 0 Å². The minimum Gasteiger partial charge on any atom is -0.369 e. The number of nitrogens with one attached hydrogen (secondary N) is 2. The van der Waals surface area contributed by atoms with Crippen molar-refractivity contribution in [2.24, 2.45) is 28.9 Å². The Kier molecular flexibility index (Phi) is 5.43. The summed E-state index contributed by atoms with van der Waals surface area (Å²) in [5.74, 6) is 0.452. The number of primary amides is 1. The van der Waals surface area contributed by atoms with Crippen LogP contribution in [0.3, 0.4) is 0 Å². The molecule has 0 saturated heterocycles. The highest BCUT2D eigenvalue weighted by Gasteiger charge is 2.59. The summed E-state index contributed by atoms with van der Waals surface area (Å²) < 4.78 is 29.4. The number of amides is 2. The van der Waals surface area contributed by atoms with Crippen LogP contribution in [-0.4, -0.2) is 31.8 Å². The van der Waals surface area contributed by atoms with Crippen LogP contribution < -0.4 is 15.8 Å². The number of benzene rings is 1. The molecule has 5 fully saturated rings. The van der Waals surface area contributed by atoms with Gasteiger partial charge < -0.3 is 11.1 Å². The van der Waals surface area contributed by atoms with E-state index in [1.807, 2.05) is 0 Å². The lowest BCUT2D eigenvalue weighted by atomic mass is 9.47. The maximum absolute atomic E-state index is 13.4. The fourth-order valence-electron chi connectivity index (χ4n) is 6.76. The van der Waals surface area contributed by atoms with Crippen molar-refractivity contribution in [1.29, 1.82) is 0 Å². The first-order valence-corrected chi connectivity index (χ1v) is 13.8. The summed E-state index contributed by atoms with van der Waals surface area (Å²) in [6.07, 6.45) is 5.97. The van der Waals surface area contributed by atoms with E-state index in [2.05, 4.69) is 26.0 Å². The predicted octanol–water partition coefficient (Wildman–Crippen LogP) is 3.10. The van der Waals surface area contributed by atoms with Crippen LogP contribution in [0.1, 0.15) is 51.4 Å². The van der Waals surface area contributed by atoms with E-state index < -0.39 is 21.0 Å². The molecule has 5 aliphatic rings. The Labute approximate surface area is 201 Å². The van der Waals surface area contributed by atoms with Gasteiger partial charge in [-0.3, -0.25) is 9.59 Å². The van der Waals surface area contributed by atoms with Gasteiger partial charge in [0.1, 0.15) is 5.54 Å². The van der Waals surface area contributed by atoms with Gasteiger partial charge in [-0.05, 0) is 87.3 Å². The first kappa shape index (κ1) is 22.6. The first-order valence-electron chi connectivity index (χ1n) is 11.1. The van der Waals surface area contributed by atoms with Crippen molar-refractivity contribution < 1.29 is 18.0 Å². The van der Waals surface area contributed by atoms with Crippen LogP contribution in [0, 0.1) is 23.2 Å². The van der Waals surface area contributed by atoms with Crippen LogP contribution in [0.2, 0.25) is 5.02 Å². The zero-order valence-corrected chi connectivity index (χ0v) is 20.7. The summed E-state index contributed by atoms with van der Waals surface area (Å²) in [5.41, 5.74) is 4.20. The van der Waals surface area contributed by atoms with Gasteiger partial charge in [-0.15, -0.1) is 0 Å². The van der Waals surface area contributed by atoms with Crippen LogP contribution in [0.4, 0.5) is 0 Å². The van der Waals surface area contributed by atoms with E-state index in [0.29, 0.717) is 28.3 Å². The molecule has 0 aliphatic heterocycles. The SMILES string of the molecule is NC(=O)C12CC3CC(C1)C(NC(=O)C1(NS(=O)(=O)c4cc(Cl)cc(Br)c4)CCC1)C(C3)C2. The van der Waals surface area contributed by atoms with Gasteiger partial charge in [0.05, 0.1) is 4.90 Å². The van der Waals surface area contributed by atoms with E-state index in [1.165, 1.54) is 12.1 Å². The van der Waals surface area contributed by atoms with E-state index >= 15 is 0 Å². The van der Waals surface area contributed by atoms with Gasteiger partial charge in [0.25, 0.3) is 0 Å². The minimum atomic E-state index is -3.94. The largest absolute Gasteiger partial charge is 0.369 e. The molecule has 5 aliphatic carbocycles. The third-order valence-electron chi connectivity index (χ3n) is 8.21. The Morgan fingerprint density at radius 3 is 2.28 bits per heavy atom. The second kappa shape index (κ2) is 7.68. The standard InChI is InChI=1S/C22H27BrClN3O4S/c23-15-6-16(24)8-17(7-15)32(30,31)27-22(2-1-3-22)20(29)26-18-13-4-12-5-14(18)11-21(9-12,10-13)19(25)28/h6-8,12-14,18,27H,1-5,9-11H2,(H2,25,28)(H,26,29). The van der Waals surface area contributed by atoms with Gasteiger partial charge in [0, 0.05) is 21.0 Å². The molecule has 174 valence electrons. The van der Waals surface area contributed by atoms with E-state index in [9.17, 15) is 18.0 Å². The molecule has 2 unspecified atom stereocenters. The summed E-state index contributed by atoms with van der Waals surface area (Å²) in [6.45, 7) is 0. The average Bonchev–Trinajstić information content (AvgIpc) is 2.66. The molecule has 10 heteroatoms. The predicted molar refractivity (Wildman–Crippen MR) is 123 cm³/mol. The molecule has 0 aromatic heterocycles. The van der Waals surface area contributed by atoms with E-state index in [1.54, 1.807) is 6.07 Å². The lowest BCUT2D eigenvalue weighted by Gasteiger charge is -2.59. The monoisotopic (exact) mass is 543 g/mol. The molecule has 2 amide bonds. The van der Waals surface area contributed by atoms with Gasteiger partial charge in [-0.2, -0.15) is 4.72 Å². The molecule has 1 aromatic carbocycles. The van der Waals surface area contributed by atoms with Crippen LogP contribution in [0.25, 0.3) is 0 Å². The van der Waals surface area contributed by atoms with Gasteiger partial charge in [0.2, 0.25) is 21.8 Å². The van der Waals surface area contributed by atoms with Crippen LogP contribution in [-0.2, 0) is 19.6 Å². The number of halogens is 2. The second-order valence-electron chi connectivity index (χ2n) is 10.3. The Hall–Kier alpha value is -1.16. The summed E-state index contributed by atoms with van der Waals surface area (Å²) in [7, 11) is -3.94. The van der Waals surface area contributed by atoms with Crippen molar-refractivity contribution in [1.82, 2.24) is 10.0 Å². The van der Waals surface area contributed by atoms with Crippen LogP contribution >= 0.6 is 27.5 Å². The van der Waals surface area contributed by atoms with Crippen LogP contribution in [0.5, 0.6) is 0 Å². The Morgan fingerprint density at radius 2 is 1.75 bits per heavy atom. The van der Waals surface area contributed by atoms with Crippen molar-refractivity contribution in [3.63, 3.8) is 0 Å². The molecule has 4 bridgehead atoms. The topological polar surface area (TPSA) is 118 Å². The number of rotatable bonds is 6. The zero-order chi connectivity index (χ0) is 22.9. The lowest BCUT2D eigenvalue weighted by molar-refractivity contribution is -0.149. The lowest BCUT2D eigenvalue weighted by Crippen LogP contribution is -2.68. The normalized spacial score (nSPS) is 34.7. The minimum absolute atomic E-state index is 0.0222. The number of carbonyl (C=O) groups excluding carboxylic acids is 2. The van der Waals surface area contributed by atoms with Gasteiger partial charge in [0.15, 0.2) is 0 Å². The van der Waals surface area contributed by atoms with Gasteiger partial charge in [-0.25, -0.2) is 8.42 Å². The van der Waals surface area contributed by atoms with Crippen molar-refractivity contribution in [2.75, 3.05) is 0 Å². The molecular weight excluding hydrogens is 518 g/mol. The summed E-state index contributed by atoms with van der Waals surface area (Å²) in [5, 5.41) is 3.50. The molecule has 0 spiro atoms. The number of hydrogen-bond acceptors (Lipinski definition) is 4. The molecule has 2 atom stereocenters. The first-order chi connectivity index (χ1) is 15.0. The molecule has 5 saturated carbocycles. The molecule has 6 rings (SSSR count). The maximum Gasteiger partial charge on any atom is 0.241 e. The van der Waals surface area contributed by atoms with Gasteiger partial charge >= 0.3 is 0 Å². The number of hydrogen-bond donors (Lipinski definition) is 3. The highest BCUT2D eigenvalue weighted by atomic mass is 79.9. The molecule has 1 aromatic rings. The Bertz CT molecular complexity index is 1050. The highest BCUT2D eigenvalue weighted by molar-refractivity contribution is 9.10. The fraction of sp³-hybridized carbons (Fsp3) is 0.636. The average molecular weight is 545 g/mol. The number of carbonyl (C=O) groups is 2. The van der Waals surface area contributed by atoms with E-state index in [0.717, 1.165) is 38.5 Å². The molecule has 32 heavy (non-hydrogen) atoms. The highest BCUT2D eigenvalue weighted by Crippen LogP contribution is 2.60. The van der Waals surface area contributed by atoms with Gasteiger partial charge in [-0.1, -0.05) is 27.5 Å². The van der Waals surface area contributed by atoms with Crippen molar-refractivity contribution in [3.05, 3.63) is 27.7 Å². The Balaban J connectivity index is 1.34. The molecule has 0 heterocycles. The second-order valence-corrected chi connectivity index (χ2v) is 13.3. The summed E-state index contributed by atoms with van der Waals surface area (Å²) in [6, 6.07) is 4.42. The molecule has 0 radical (unpaired) electrons. The fourth-order valence-corrected chi connectivity index (χ4v) is 9.33. The molecule has 4 N–H and O–H groups in total. The summed E-state index contributed by atoms with van der Waals surface area (Å²) >= 11 is 9.31. The third kappa shape index (κ3) is 3.69. The van der Waals surface area contributed by atoms with Crippen LogP contribution in [0.15, 0.2) is 27.6 Å². The molecular formula is C22H27BrClN3O4S. The maximum atomic E-state index is 13.4. The zero-order valence-electron chi connectivity index (χ0n) is 17.6. The van der Waals surface area contributed by atoms with E-state index in [4.69, 9.17) is 17.3 Å². The quantitative estimate of drug-likeness (QED) is 0.510. The van der Waals surface area contributed by atoms with E-state index in [-0.39, 0.29) is 34.6 Å². The Morgan fingerprint density at radius 1 is 1.09 bits per heavy atom. The van der Waals surface area contributed by atoms with Crippen molar-refractivity contribution >= 4 is 49.4 Å². The third-order valence-corrected chi connectivity index (χ3v) is 10.4. The smallest absolute Gasteiger partial charge is 0.241 e. The number of nitrogens with two attached hydrogens (primary N) is 1. The molecule has 7 nitrogen and oxygen atoms in total. The van der Waals surface area contributed by atoms with Crippen molar-refractivity contribution in [2.45, 2.75) is 67.8 Å². The summed E-state index contributed by atoms with van der Waals surface area (Å²) in [4.78, 5) is 25.6. The number of sulfonamides is 1.